The number of imidazole rings is 1. The molecule has 0 amide bonds. The normalized spacial score (nSPS) is 12.4. The third kappa shape index (κ3) is 2.96. The van der Waals surface area contributed by atoms with E-state index in [4.69, 9.17) is 17.3 Å². The van der Waals surface area contributed by atoms with E-state index in [2.05, 4.69) is 6.58 Å². The number of nitrogens with zero attached hydrogens (tertiary/aromatic N) is 2. The Balaban J connectivity index is 2.01. The Morgan fingerprint density at radius 2 is 1.91 bits per heavy atom. The monoisotopic (exact) mass is 328 g/mol. The van der Waals surface area contributed by atoms with Crippen molar-refractivity contribution >= 4 is 28.6 Å². The summed E-state index contributed by atoms with van der Waals surface area (Å²) in [4.78, 5) is 0. The van der Waals surface area contributed by atoms with Crippen molar-refractivity contribution in [2.45, 2.75) is 19.2 Å². The van der Waals surface area contributed by atoms with Gasteiger partial charge in [0.1, 0.15) is 23.7 Å². The van der Waals surface area contributed by atoms with Gasteiger partial charge in [0.25, 0.3) is 0 Å². The summed E-state index contributed by atoms with van der Waals surface area (Å²) in [5, 5.41) is 11.2. The SMILES string of the molecule is C=CCn1c(N)[n+](C[C@@H](O)c2ccc(Cl)cc2)c2ccccc21. The van der Waals surface area contributed by atoms with Crippen molar-refractivity contribution in [3.63, 3.8) is 0 Å². The molecular weight excluding hydrogens is 310 g/mol. The zero-order chi connectivity index (χ0) is 16.4. The summed E-state index contributed by atoms with van der Waals surface area (Å²) in [5.74, 6) is 0.596. The summed E-state index contributed by atoms with van der Waals surface area (Å²) in [6.07, 6.45) is 1.14. The number of nitrogen functional groups attached to an aromatic ring is 1. The Morgan fingerprint density at radius 3 is 2.61 bits per heavy atom. The lowest BCUT2D eigenvalue weighted by atomic mass is 10.1. The smallest absolute Gasteiger partial charge is 0.356 e. The van der Waals surface area contributed by atoms with Crippen molar-refractivity contribution < 1.29 is 9.67 Å². The molecule has 0 fully saturated rings. The van der Waals surface area contributed by atoms with E-state index in [1.54, 1.807) is 12.1 Å². The van der Waals surface area contributed by atoms with Crippen LogP contribution >= 0.6 is 11.6 Å². The highest BCUT2D eigenvalue weighted by atomic mass is 35.5. The zero-order valence-electron chi connectivity index (χ0n) is 12.7. The Hall–Kier alpha value is -2.30. The molecule has 4 nitrogen and oxygen atoms in total. The van der Waals surface area contributed by atoms with Crippen molar-refractivity contribution in [1.82, 2.24) is 4.57 Å². The zero-order valence-corrected chi connectivity index (χ0v) is 13.4. The quantitative estimate of drug-likeness (QED) is 0.558. The highest BCUT2D eigenvalue weighted by Crippen LogP contribution is 2.20. The van der Waals surface area contributed by atoms with E-state index in [-0.39, 0.29) is 0 Å². The molecule has 0 radical (unpaired) electrons. The van der Waals surface area contributed by atoms with Gasteiger partial charge in [-0.1, -0.05) is 48.5 Å². The number of aromatic nitrogens is 2. The van der Waals surface area contributed by atoms with Crippen LogP contribution in [0.3, 0.4) is 0 Å². The molecule has 0 aliphatic carbocycles. The molecule has 3 N–H and O–H groups in total. The molecule has 1 aromatic heterocycles. The number of para-hydroxylation sites is 2. The van der Waals surface area contributed by atoms with Crippen molar-refractivity contribution in [3.05, 3.63) is 71.8 Å². The predicted molar refractivity (Wildman–Crippen MR) is 93.2 cm³/mol. The molecule has 118 valence electrons. The number of aliphatic hydroxyl groups is 1. The van der Waals surface area contributed by atoms with Gasteiger partial charge < -0.3 is 5.11 Å². The molecule has 0 saturated heterocycles. The maximum absolute atomic E-state index is 10.5. The van der Waals surface area contributed by atoms with Gasteiger partial charge in [-0.3, -0.25) is 5.73 Å². The average Bonchev–Trinajstić information content (AvgIpc) is 2.82. The number of hydrogen-bond donors (Lipinski definition) is 2. The van der Waals surface area contributed by atoms with Gasteiger partial charge in [-0.05, 0) is 29.8 Å². The summed E-state index contributed by atoms with van der Waals surface area (Å²) in [7, 11) is 0. The van der Waals surface area contributed by atoms with Gasteiger partial charge >= 0.3 is 5.95 Å². The number of rotatable bonds is 5. The Morgan fingerprint density at radius 1 is 1.22 bits per heavy atom. The van der Waals surface area contributed by atoms with E-state index in [0.29, 0.717) is 24.1 Å². The Labute approximate surface area is 140 Å². The van der Waals surface area contributed by atoms with Crippen LogP contribution in [0, 0.1) is 0 Å². The van der Waals surface area contributed by atoms with Gasteiger partial charge in [0.05, 0.1) is 6.54 Å². The lowest BCUT2D eigenvalue weighted by molar-refractivity contribution is -0.666. The molecule has 5 heteroatoms. The first-order valence-electron chi connectivity index (χ1n) is 7.42. The number of halogens is 1. The highest BCUT2D eigenvalue weighted by Gasteiger charge is 2.22. The molecule has 0 unspecified atom stereocenters. The van der Waals surface area contributed by atoms with E-state index in [1.165, 1.54) is 0 Å². The molecule has 0 saturated carbocycles. The van der Waals surface area contributed by atoms with Crippen LogP contribution < -0.4 is 10.3 Å². The minimum Gasteiger partial charge on any atom is -0.385 e. The van der Waals surface area contributed by atoms with Gasteiger partial charge in [-0.2, -0.15) is 0 Å². The fourth-order valence-corrected chi connectivity index (χ4v) is 2.92. The van der Waals surface area contributed by atoms with Gasteiger partial charge in [0, 0.05) is 5.02 Å². The highest BCUT2D eigenvalue weighted by molar-refractivity contribution is 6.30. The van der Waals surface area contributed by atoms with Gasteiger partial charge in [-0.25, -0.2) is 9.13 Å². The first-order chi connectivity index (χ1) is 11.1. The summed E-state index contributed by atoms with van der Waals surface area (Å²) < 4.78 is 3.91. The number of allylic oxidation sites excluding steroid dienone is 1. The summed E-state index contributed by atoms with van der Waals surface area (Å²) in [5.41, 5.74) is 9.11. The summed E-state index contributed by atoms with van der Waals surface area (Å²) >= 11 is 5.90. The lowest BCUT2D eigenvalue weighted by Gasteiger charge is -2.10. The topological polar surface area (TPSA) is 55.1 Å². The number of fused-ring (bicyclic) bond motifs is 1. The van der Waals surface area contributed by atoms with E-state index in [0.717, 1.165) is 16.6 Å². The van der Waals surface area contributed by atoms with Gasteiger partial charge in [0.2, 0.25) is 0 Å². The minimum absolute atomic E-state index is 0.373. The third-order valence-electron chi connectivity index (χ3n) is 3.94. The maximum atomic E-state index is 10.5. The van der Waals surface area contributed by atoms with E-state index >= 15 is 0 Å². The molecular formula is C18H19ClN3O+. The molecule has 0 aliphatic rings. The molecule has 23 heavy (non-hydrogen) atoms. The number of anilines is 1. The van der Waals surface area contributed by atoms with Crippen molar-refractivity contribution in [2.24, 2.45) is 0 Å². The molecule has 2 aromatic carbocycles. The first-order valence-corrected chi connectivity index (χ1v) is 7.80. The summed E-state index contributed by atoms with van der Waals surface area (Å²) in [6, 6.07) is 15.1. The maximum Gasteiger partial charge on any atom is 0.356 e. The van der Waals surface area contributed by atoms with Crippen LogP contribution in [0.4, 0.5) is 5.95 Å². The second-order valence-electron chi connectivity index (χ2n) is 5.42. The molecule has 0 bridgehead atoms. The predicted octanol–water partition coefficient (Wildman–Crippen LogP) is 3.08. The minimum atomic E-state index is -0.664. The van der Waals surface area contributed by atoms with E-state index in [1.807, 2.05) is 51.6 Å². The van der Waals surface area contributed by atoms with Gasteiger partial charge in [-0.15, -0.1) is 0 Å². The van der Waals surface area contributed by atoms with Crippen LogP contribution in [0.1, 0.15) is 11.7 Å². The standard InChI is InChI=1S/C18H18ClN3O/c1-2-11-21-15-5-3-4-6-16(15)22(18(21)20)12-17(23)13-7-9-14(19)10-8-13/h2-10,17,20,23H,1,11-12H2/p+1/t17-/m1/s1. The van der Waals surface area contributed by atoms with Crippen molar-refractivity contribution in [3.8, 4) is 0 Å². The number of aliphatic hydroxyl groups excluding tert-OH is 1. The first kappa shape index (κ1) is 15.6. The fourth-order valence-electron chi connectivity index (χ4n) is 2.79. The van der Waals surface area contributed by atoms with E-state index in [9.17, 15) is 5.11 Å². The summed E-state index contributed by atoms with van der Waals surface area (Å²) in [6.45, 7) is 4.78. The second kappa shape index (κ2) is 6.44. The fraction of sp³-hybridized carbons (Fsp3) is 0.167. The Kier molecular flexibility index (Phi) is 4.37. The largest absolute Gasteiger partial charge is 0.385 e. The average molecular weight is 329 g/mol. The number of hydrogen-bond acceptors (Lipinski definition) is 2. The molecule has 1 heterocycles. The molecule has 0 aliphatic heterocycles. The van der Waals surface area contributed by atoms with Crippen LogP contribution in [0.15, 0.2) is 61.2 Å². The van der Waals surface area contributed by atoms with Gasteiger partial charge in [0.15, 0.2) is 0 Å². The Bertz CT molecular complexity index is 839. The van der Waals surface area contributed by atoms with Crippen LogP contribution in [0.5, 0.6) is 0 Å². The lowest BCUT2D eigenvalue weighted by Crippen LogP contribution is -2.39. The van der Waals surface area contributed by atoms with Crippen molar-refractivity contribution in [2.75, 3.05) is 5.73 Å². The second-order valence-corrected chi connectivity index (χ2v) is 5.86. The molecule has 3 aromatic rings. The molecule has 3 rings (SSSR count). The molecule has 1 atom stereocenters. The third-order valence-corrected chi connectivity index (χ3v) is 4.19. The van der Waals surface area contributed by atoms with Crippen LogP contribution in [0.2, 0.25) is 5.02 Å². The van der Waals surface area contributed by atoms with Crippen LogP contribution in [0.25, 0.3) is 11.0 Å². The van der Waals surface area contributed by atoms with Crippen molar-refractivity contribution in [1.29, 1.82) is 0 Å². The van der Waals surface area contributed by atoms with Crippen LogP contribution in [-0.4, -0.2) is 9.67 Å². The number of benzene rings is 2. The number of nitrogens with two attached hydrogens (primary N) is 1. The van der Waals surface area contributed by atoms with Crippen LogP contribution in [-0.2, 0) is 13.1 Å². The molecule has 0 spiro atoms. The van der Waals surface area contributed by atoms with E-state index < -0.39 is 6.10 Å².